The third-order valence-electron chi connectivity index (χ3n) is 6.31. The summed E-state index contributed by atoms with van der Waals surface area (Å²) >= 11 is 0. The predicted molar refractivity (Wildman–Crippen MR) is 113 cm³/mol. The average Bonchev–Trinajstić information content (AvgIpc) is 2.83. The topological polar surface area (TPSA) is 21.7 Å². The van der Waals surface area contributed by atoms with Crippen LogP contribution in [0.4, 0.5) is 5.69 Å². The van der Waals surface area contributed by atoms with Crippen molar-refractivity contribution in [2.75, 3.05) is 11.4 Å². The first-order valence-electron chi connectivity index (χ1n) is 10.0. The fourth-order valence-corrected chi connectivity index (χ4v) is 4.04. The molecule has 1 atom stereocenters. The SMILES string of the molecule is CC1Cc2ccccc2N(Cc2ccc(B3OC(C)(C)C(C)(C)O3)cc2)C1. The molecule has 0 radical (unpaired) electrons. The Balaban J connectivity index is 1.50. The maximum absolute atomic E-state index is 6.17. The normalized spacial score (nSPS) is 23.4. The Hall–Kier alpha value is -1.78. The van der Waals surface area contributed by atoms with Gasteiger partial charge in [-0.25, -0.2) is 0 Å². The highest BCUT2D eigenvalue weighted by atomic mass is 16.7. The van der Waals surface area contributed by atoms with Crippen LogP contribution in [0, 0.1) is 5.92 Å². The fraction of sp³-hybridized carbons (Fsp3) is 0.478. The fourth-order valence-electron chi connectivity index (χ4n) is 4.04. The molecule has 2 aromatic carbocycles. The predicted octanol–water partition coefficient (Wildman–Crippen LogP) is 4.18. The highest BCUT2D eigenvalue weighted by molar-refractivity contribution is 6.62. The Morgan fingerprint density at radius 1 is 0.963 bits per heavy atom. The van der Waals surface area contributed by atoms with Gasteiger partial charge < -0.3 is 14.2 Å². The lowest BCUT2D eigenvalue weighted by Gasteiger charge is -2.35. The van der Waals surface area contributed by atoms with Crippen LogP contribution in [0.1, 0.15) is 45.7 Å². The maximum atomic E-state index is 6.17. The molecule has 0 amide bonds. The minimum absolute atomic E-state index is 0.292. The van der Waals surface area contributed by atoms with Gasteiger partial charge in [0.15, 0.2) is 0 Å². The summed E-state index contributed by atoms with van der Waals surface area (Å²) in [6.07, 6.45) is 1.17. The second-order valence-corrected chi connectivity index (χ2v) is 9.15. The lowest BCUT2D eigenvalue weighted by atomic mass is 9.79. The van der Waals surface area contributed by atoms with Crippen LogP contribution in [0.2, 0.25) is 0 Å². The second-order valence-electron chi connectivity index (χ2n) is 9.15. The maximum Gasteiger partial charge on any atom is 0.494 e. The van der Waals surface area contributed by atoms with E-state index in [0.717, 1.165) is 18.6 Å². The van der Waals surface area contributed by atoms with Gasteiger partial charge in [-0.3, -0.25) is 0 Å². The lowest BCUT2D eigenvalue weighted by molar-refractivity contribution is 0.00578. The molecule has 1 saturated heterocycles. The summed E-state index contributed by atoms with van der Waals surface area (Å²) in [7, 11) is -0.292. The van der Waals surface area contributed by atoms with Crippen molar-refractivity contribution in [3.63, 3.8) is 0 Å². The van der Waals surface area contributed by atoms with Crippen LogP contribution in [0.15, 0.2) is 48.5 Å². The number of hydrogen-bond acceptors (Lipinski definition) is 3. The Bertz CT molecular complexity index is 799. The van der Waals surface area contributed by atoms with Crippen molar-refractivity contribution >= 4 is 18.3 Å². The minimum Gasteiger partial charge on any atom is -0.399 e. The monoisotopic (exact) mass is 363 g/mol. The summed E-state index contributed by atoms with van der Waals surface area (Å²) in [6, 6.07) is 17.5. The zero-order valence-electron chi connectivity index (χ0n) is 17.2. The molecule has 1 fully saturated rings. The van der Waals surface area contributed by atoms with Crippen molar-refractivity contribution < 1.29 is 9.31 Å². The van der Waals surface area contributed by atoms with E-state index in [4.69, 9.17) is 9.31 Å². The standard InChI is InChI=1S/C23H30BNO2/c1-17-14-19-8-6-7-9-21(19)25(15-17)16-18-10-12-20(13-11-18)24-26-22(2,3)23(4,5)27-24/h6-13,17H,14-16H2,1-5H3. The molecule has 4 rings (SSSR count). The van der Waals surface area contributed by atoms with Crippen LogP contribution in [0.5, 0.6) is 0 Å². The van der Waals surface area contributed by atoms with E-state index in [9.17, 15) is 0 Å². The van der Waals surface area contributed by atoms with Crippen LogP contribution in [-0.4, -0.2) is 24.9 Å². The van der Waals surface area contributed by atoms with Crippen molar-refractivity contribution in [1.82, 2.24) is 0 Å². The molecular formula is C23H30BNO2. The summed E-state index contributed by atoms with van der Waals surface area (Å²) in [6.45, 7) is 12.8. The largest absolute Gasteiger partial charge is 0.494 e. The number of fused-ring (bicyclic) bond motifs is 1. The molecule has 4 heteroatoms. The van der Waals surface area contributed by atoms with Crippen LogP contribution >= 0.6 is 0 Å². The Labute approximate surface area is 163 Å². The molecule has 27 heavy (non-hydrogen) atoms. The molecular weight excluding hydrogens is 333 g/mol. The van der Waals surface area contributed by atoms with Crippen molar-refractivity contribution in [2.45, 2.75) is 58.8 Å². The Kier molecular flexibility index (Phi) is 4.60. The summed E-state index contributed by atoms with van der Waals surface area (Å²) in [5.74, 6) is 0.684. The Morgan fingerprint density at radius 3 is 2.26 bits per heavy atom. The van der Waals surface area contributed by atoms with Gasteiger partial charge in [-0.2, -0.15) is 0 Å². The molecule has 3 nitrogen and oxygen atoms in total. The number of para-hydroxylation sites is 1. The zero-order chi connectivity index (χ0) is 19.2. The smallest absolute Gasteiger partial charge is 0.399 e. The highest BCUT2D eigenvalue weighted by Gasteiger charge is 2.51. The molecule has 142 valence electrons. The van der Waals surface area contributed by atoms with E-state index < -0.39 is 0 Å². The van der Waals surface area contributed by atoms with Gasteiger partial charge in [0, 0.05) is 18.8 Å². The summed E-state index contributed by atoms with van der Waals surface area (Å²) in [5, 5.41) is 0. The van der Waals surface area contributed by atoms with Crippen LogP contribution in [0.3, 0.4) is 0 Å². The van der Waals surface area contributed by atoms with Crippen LogP contribution in [-0.2, 0) is 22.3 Å². The first-order valence-corrected chi connectivity index (χ1v) is 10.0. The van der Waals surface area contributed by atoms with Gasteiger partial charge in [0.2, 0.25) is 0 Å². The van der Waals surface area contributed by atoms with Crippen molar-refractivity contribution in [3.8, 4) is 0 Å². The van der Waals surface area contributed by atoms with Crippen LogP contribution in [0.25, 0.3) is 0 Å². The van der Waals surface area contributed by atoms with E-state index >= 15 is 0 Å². The third-order valence-corrected chi connectivity index (χ3v) is 6.31. The summed E-state index contributed by atoms with van der Waals surface area (Å²) < 4.78 is 12.3. The molecule has 0 bridgehead atoms. The first-order chi connectivity index (χ1) is 12.7. The molecule has 2 heterocycles. The first kappa shape index (κ1) is 18.6. The quantitative estimate of drug-likeness (QED) is 0.764. The number of hydrogen-bond donors (Lipinski definition) is 0. The number of nitrogens with zero attached hydrogens (tertiary/aromatic N) is 1. The zero-order valence-corrected chi connectivity index (χ0v) is 17.2. The van der Waals surface area contributed by atoms with Crippen molar-refractivity contribution in [3.05, 3.63) is 59.7 Å². The van der Waals surface area contributed by atoms with Gasteiger partial charge in [-0.15, -0.1) is 0 Å². The molecule has 0 aliphatic carbocycles. The number of anilines is 1. The van der Waals surface area contributed by atoms with E-state index in [1.165, 1.54) is 23.2 Å². The molecule has 0 N–H and O–H groups in total. The molecule has 1 unspecified atom stereocenters. The molecule has 2 aliphatic heterocycles. The van der Waals surface area contributed by atoms with Gasteiger partial charge >= 0.3 is 7.12 Å². The molecule has 2 aromatic rings. The third kappa shape index (κ3) is 3.53. The average molecular weight is 363 g/mol. The molecule has 0 aromatic heterocycles. The minimum atomic E-state index is -0.302. The molecule has 2 aliphatic rings. The van der Waals surface area contributed by atoms with Crippen molar-refractivity contribution in [1.29, 1.82) is 0 Å². The highest BCUT2D eigenvalue weighted by Crippen LogP contribution is 2.36. The van der Waals surface area contributed by atoms with E-state index in [2.05, 4.69) is 88.0 Å². The van der Waals surface area contributed by atoms with E-state index in [0.29, 0.717) is 5.92 Å². The van der Waals surface area contributed by atoms with Gasteiger partial charge in [0.25, 0.3) is 0 Å². The summed E-state index contributed by atoms with van der Waals surface area (Å²) in [5.41, 5.74) is 4.65. The van der Waals surface area contributed by atoms with Crippen LogP contribution < -0.4 is 10.4 Å². The van der Waals surface area contributed by atoms with Crippen molar-refractivity contribution in [2.24, 2.45) is 5.92 Å². The van der Waals surface area contributed by atoms with Gasteiger partial charge in [-0.1, -0.05) is 49.4 Å². The number of benzene rings is 2. The number of rotatable bonds is 3. The summed E-state index contributed by atoms with van der Waals surface area (Å²) in [4.78, 5) is 2.51. The second kappa shape index (κ2) is 6.68. The van der Waals surface area contributed by atoms with E-state index in [1.54, 1.807) is 0 Å². The van der Waals surface area contributed by atoms with Gasteiger partial charge in [0.1, 0.15) is 0 Å². The van der Waals surface area contributed by atoms with E-state index in [-0.39, 0.29) is 18.3 Å². The molecule has 0 saturated carbocycles. The lowest BCUT2D eigenvalue weighted by Crippen LogP contribution is -2.41. The Morgan fingerprint density at radius 2 is 1.59 bits per heavy atom. The van der Waals surface area contributed by atoms with Gasteiger partial charge in [-0.05, 0) is 62.7 Å². The molecule has 0 spiro atoms. The van der Waals surface area contributed by atoms with Gasteiger partial charge in [0.05, 0.1) is 11.2 Å². The van der Waals surface area contributed by atoms with E-state index in [1.807, 2.05) is 0 Å².